The Balaban J connectivity index is 2.99. The van der Waals surface area contributed by atoms with Crippen LogP contribution in [0.15, 0.2) is 22.7 Å². The Morgan fingerprint density at radius 3 is 2.79 bits per heavy atom. The number of benzene rings is 1. The molecule has 1 aromatic rings. The number of hydrogen-bond donors (Lipinski definition) is 1. The highest BCUT2D eigenvalue weighted by molar-refractivity contribution is 9.10. The third-order valence-corrected chi connectivity index (χ3v) is 2.61. The predicted molar refractivity (Wildman–Crippen MR) is 65.3 cm³/mol. The minimum absolute atomic E-state index is 0.610. The van der Waals surface area contributed by atoms with Gasteiger partial charge < -0.3 is 10.6 Å². The third kappa shape index (κ3) is 2.43. The Morgan fingerprint density at radius 2 is 2.29 bits per heavy atom. The van der Waals surface area contributed by atoms with Crippen LogP contribution >= 0.6 is 15.9 Å². The molecule has 0 aliphatic heterocycles. The molecule has 1 rings (SSSR count). The highest BCUT2D eigenvalue weighted by atomic mass is 79.9. The summed E-state index contributed by atoms with van der Waals surface area (Å²) >= 11 is 3.47. The zero-order valence-corrected chi connectivity index (χ0v) is 9.71. The number of halogens is 1. The van der Waals surface area contributed by atoms with Crippen LogP contribution < -0.4 is 10.6 Å². The molecule has 3 heteroatoms. The molecule has 2 N–H and O–H groups in total. The van der Waals surface area contributed by atoms with Crippen molar-refractivity contribution in [2.45, 2.75) is 6.92 Å². The van der Waals surface area contributed by atoms with Crippen molar-refractivity contribution in [3.8, 4) is 12.3 Å². The molecule has 0 unspecified atom stereocenters. The van der Waals surface area contributed by atoms with Crippen molar-refractivity contribution >= 4 is 27.3 Å². The molecule has 1 aromatic carbocycles. The average molecular weight is 253 g/mol. The summed E-state index contributed by atoms with van der Waals surface area (Å²) in [6.45, 7) is 3.56. The fraction of sp³-hybridized carbons (Fsp3) is 0.273. The maximum atomic E-state index is 5.65. The largest absolute Gasteiger partial charge is 0.399 e. The van der Waals surface area contributed by atoms with Gasteiger partial charge in [0.25, 0.3) is 0 Å². The normalized spacial score (nSPS) is 9.50. The second-order valence-corrected chi connectivity index (χ2v) is 3.78. The Kier molecular flexibility index (Phi) is 3.84. The molecule has 2 nitrogen and oxygen atoms in total. The maximum Gasteiger partial charge on any atom is 0.0791 e. The lowest BCUT2D eigenvalue weighted by Gasteiger charge is -2.21. The fourth-order valence-electron chi connectivity index (χ4n) is 1.26. The fourth-order valence-corrected chi connectivity index (χ4v) is 1.90. The highest BCUT2D eigenvalue weighted by Gasteiger charge is 2.06. The summed E-state index contributed by atoms with van der Waals surface area (Å²) < 4.78 is 0.981. The first-order valence-corrected chi connectivity index (χ1v) is 5.21. The van der Waals surface area contributed by atoms with Gasteiger partial charge in [-0.1, -0.05) is 5.92 Å². The lowest BCUT2D eigenvalue weighted by molar-refractivity contribution is 0.915. The zero-order chi connectivity index (χ0) is 10.6. The highest BCUT2D eigenvalue weighted by Crippen LogP contribution is 2.27. The first kappa shape index (κ1) is 10.9. The van der Waals surface area contributed by atoms with Crippen LogP contribution in [0.5, 0.6) is 0 Å². The molecule has 0 spiro atoms. The number of nitrogens with zero attached hydrogens (tertiary/aromatic N) is 1. The van der Waals surface area contributed by atoms with E-state index >= 15 is 0 Å². The van der Waals surface area contributed by atoms with Crippen LogP contribution in [0.3, 0.4) is 0 Å². The van der Waals surface area contributed by atoms with Crippen LogP contribution in [-0.4, -0.2) is 13.1 Å². The Labute approximate surface area is 93.2 Å². The van der Waals surface area contributed by atoms with Crippen LogP contribution in [-0.2, 0) is 0 Å². The van der Waals surface area contributed by atoms with Gasteiger partial charge in [-0.05, 0) is 41.1 Å². The molecule has 0 saturated heterocycles. The molecule has 0 heterocycles. The third-order valence-electron chi connectivity index (χ3n) is 1.98. The molecule has 0 aliphatic rings. The van der Waals surface area contributed by atoms with Crippen LogP contribution in [0.2, 0.25) is 0 Å². The maximum absolute atomic E-state index is 5.65. The summed E-state index contributed by atoms with van der Waals surface area (Å²) in [6, 6.07) is 5.73. The molecule has 0 aliphatic carbocycles. The van der Waals surface area contributed by atoms with Crippen LogP contribution in [0.4, 0.5) is 11.4 Å². The number of terminal acetylenes is 1. The van der Waals surface area contributed by atoms with E-state index in [0.29, 0.717) is 6.54 Å². The van der Waals surface area contributed by atoms with E-state index in [1.165, 1.54) is 0 Å². The molecule has 0 radical (unpaired) electrons. The first-order valence-electron chi connectivity index (χ1n) is 4.42. The number of hydrogen-bond acceptors (Lipinski definition) is 2. The lowest BCUT2D eigenvalue weighted by Crippen LogP contribution is -2.23. The Morgan fingerprint density at radius 1 is 1.57 bits per heavy atom. The van der Waals surface area contributed by atoms with E-state index in [9.17, 15) is 0 Å². The Hall–Kier alpha value is -1.14. The second-order valence-electron chi connectivity index (χ2n) is 2.93. The molecule has 0 bridgehead atoms. The SMILES string of the molecule is C#CCN(CC)c1ccc(N)cc1Br. The standard InChI is InChI=1S/C11H13BrN2/c1-3-7-14(4-2)11-6-5-9(13)8-10(11)12/h1,5-6,8H,4,7,13H2,2H3. The van der Waals surface area contributed by atoms with Gasteiger partial charge in [-0.25, -0.2) is 0 Å². The average Bonchev–Trinajstić information content (AvgIpc) is 2.15. The van der Waals surface area contributed by atoms with E-state index in [0.717, 1.165) is 22.4 Å². The first-order chi connectivity index (χ1) is 6.69. The smallest absolute Gasteiger partial charge is 0.0791 e. The van der Waals surface area contributed by atoms with Crippen molar-refractivity contribution in [1.82, 2.24) is 0 Å². The predicted octanol–water partition coefficient (Wildman–Crippen LogP) is 2.49. The van der Waals surface area contributed by atoms with Crippen LogP contribution in [0, 0.1) is 12.3 Å². The quantitative estimate of drug-likeness (QED) is 0.662. The van der Waals surface area contributed by atoms with Gasteiger partial charge in [0.15, 0.2) is 0 Å². The van der Waals surface area contributed by atoms with Gasteiger partial charge in [0, 0.05) is 16.7 Å². The number of nitrogen functional groups attached to an aromatic ring is 1. The van der Waals surface area contributed by atoms with Gasteiger partial charge in [-0.15, -0.1) is 6.42 Å². The van der Waals surface area contributed by atoms with Gasteiger partial charge in [0.1, 0.15) is 0 Å². The van der Waals surface area contributed by atoms with Gasteiger partial charge in [-0.3, -0.25) is 0 Å². The molecule has 0 amide bonds. The summed E-state index contributed by atoms with van der Waals surface area (Å²) in [4.78, 5) is 2.10. The van der Waals surface area contributed by atoms with Gasteiger partial charge in [0.05, 0.1) is 12.2 Å². The van der Waals surface area contributed by atoms with E-state index in [2.05, 4.69) is 33.7 Å². The summed E-state index contributed by atoms with van der Waals surface area (Å²) in [5.41, 5.74) is 7.48. The lowest BCUT2D eigenvalue weighted by atomic mass is 10.2. The number of anilines is 2. The van der Waals surface area contributed by atoms with Crippen molar-refractivity contribution in [2.24, 2.45) is 0 Å². The Bertz CT molecular complexity index is 355. The van der Waals surface area contributed by atoms with E-state index < -0.39 is 0 Å². The molecule has 0 aromatic heterocycles. The van der Waals surface area contributed by atoms with Crippen molar-refractivity contribution in [3.05, 3.63) is 22.7 Å². The van der Waals surface area contributed by atoms with Crippen LogP contribution in [0.25, 0.3) is 0 Å². The molecule has 0 atom stereocenters. The van der Waals surface area contributed by atoms with Crippen molar-refractivity contribution in [2.75, 3.05) is 23.7 Å². The zero-order valence-electron chi connectivity index (χ0n) is 8.13. The molecule has 14 heavy (non-hydrogen) atoms. The molecule has 0 fully saturated rings. The van der Waals surface area contributed by atoms with E-state index in [1.54, 1.807) is 0 Å². The molecule has 74 valence electrons. The second kappa shape index (κ2) is 4.92. The molecule has 0 saturated carbocycles. The van der Waals surface area contributed by atoms with E-state index in [4.69, 9.17) is 12.2 Å². The number of nitrogens with two attached hydrogens (primary N) is 1. The molecular formula is C11H13BrN2. The number of rotatable bonds is 3. The summed E-state index contributed by atoms with van der Waals surface area (Å²) in [7, 11) is 0. The summed E-state index contributed by atoms with van der Waals surface area (Å²) in [5, 5.41) is 0. The van der Waals surface area contributed by atoms with Gasteiger partial charge in [-0.2, -0.15) is 0 Å². The van der Waals surface area contributed by atoms with Crippen LogP contribution in [0.1, 0.15) is 6.92 Å². The minimum Gasteiger partial charge on any atom is -0.399 e. The van der Waals surface area contributed by atoms with Crippen molar-refractivity contribution < 1.29 is 0 Å². The van der Waals surface area contributed by atoms with Crippen molar-refractivity contribution in [3.63, 3.8) is 0 Å². The minimum atomic E-state index is 0.610. The molecular weight excluding hydrogens is 240 g/mol. The van der Waals surface area contributed by atoms with Gasteiger partial charge in [0.2, 0.25) is 0 Å². The summed E-state index contributed by atoms with van der Waals surface area (Å²) in [6.07, 6.45) is 5.29. The van der Waals surface area contributed by atoms with Gasteiger partial charge >= 0.3 is 0 Å². The topological polar surface area (TPSA) is 29.3 Å². The van der Waals surface area contributed by atoms with E-state index in [-0.39, 0.29) is 0 Å². The van der Waals surface area contributed by atoms with E-state index in [1.807, 2.05) is 18.2 Å². The monoisotopic (exact) mass is 252 g/mol. The summed E-state index contributed by atoms with van der Waals surface area (Å²) in [5.74, 6) is 2.63. The van der Waals surface area contributed by atoms with Crippen molar-refractivity contribution in [1.29, 1.82) is 0 Å².